The van der Waals surface area contributed by atoms with Crippen LogP contribution in [0.5, 0.6) is 0 Å². The number of ether oxygens (including phenoxy) is 1. The molecular formula is C18H27N3O3S. The van der Waals surface area contributed by atoms with E-state index in [9.17, 15) is 8.42 Å². The minimum absolute atomic E-state index is 0.167. The highest BCUT2D eigenvalue weighted by molar-refractivity contribution is 7.92. The maximum absolute atomic E-state index is 12.2. The van der Waals surface area contributed by atoms with E-state index in [0.29, 0.717) is 32.8 Å². The number of sulfone groups is 1. The van der Waals surface area contributed by atoms with Gasteiger partial charge in [-0.15, -0.1) is 0 Å². The van der Waals surface area contributed by atoms with Gasteiger partial charge in [0.15, 0.2) is 15.8 Å². The molecule has 0 radical (unpaired) electrons. The van der Waals surface area contributed by atoms with Crippen molar-refractivity contribution >= 4 is 15.8 Å². The first-order chi connectivity index (χ1) is 11.8. The summed E-state index contributed by atoms with van der Waals surface area (Å²) in [6.07, 6.45) is 0. The van der Waals surface area contributed by atoms with Crippen molar-refractivity contribution in [3.63, 3.8) is 0 Å². The molecule has 0 saturated carbocycles. The number of fused-ring (bicyclic) bond motifs is 1. The van der Waals surface area contributed by atoms with Crippen molar-refractivity contribution in [3.05, 3.63) is 34.9 Å². The first-order valence-corrected chi connectivity index (χ1v) is 10.4. The topological polar surface area (TPSA) is 71.0 Å². The van der Waals surface area contributed by atoms with Crippen LogP contribution < -0.4 is 5.32 Å². The van der Waals surface area contributed by atoms with E-state index in [-0.39, 0.29) is 5.75 Å². The summed E-state index contributed by atoms with van der Waals surface area (Å²) in [5, 5.41) is 3.30. The summed E-state index contributed by atoms with van der Waals surface area (Å²) < 4.78 is 29.1. The summed E-state index contributed by atoms with van der Waals surface area (Å²) in [6, 6.07) is 6.35. The number of hydrogen-bond acceptors (Lipinski definition) is 4. The molecule has 1 N–H and O–H groups in total. The Kier molecular flexibility index (Phi) is 5.06. The first-order valence-electron chi connectivity index (χ1n) is 8.76. The summed E-state index contributed by atoms with van der Waals surface area (Å²) in [5.74, 6) is 0.947. The maximum atomic E-state index is 12.2. The van der Waals surface area contributed by atoms with E-state index in [1.165, 1.54) is 11.1 Å². The number of benzene rings is 1. The van der Waals surface area contributed by atoms with E-state index < -0.39 is 14.6 Å². The van der Waals surface area contributed by atoms with Crippen LogP contribution in [0.15, 0.2) is 23.2 Å². The molecule has 2 aliphatic heterocycles. The molecule has 2 aliphatic rings. The fourth-order valence-electron chi connectivity index (χ4n) is 3.24. The lowest BCUT2D eigenvalue weighted by molar-refractivity contribution is 0.134. The van der Waals surface area contributed by atoms with Crippen LogP contribution in [0.3, 0.4) is 0 Å². The fraction of sp³-hybridized carbons (Fsp3) is 0.611. The smallest absolute Gasteiger partial charge is 0.194 e. The van der Waals surface area contributed by atoms with Crippen molar-refractivity contribution in [3.8, 4) is 0 Å². The van der Waals surface area contributed by atoms with Gasteiger partial charge in [0.25, 0.3) is 0 Å². The molecule has 1 aromatic rings. The minimum Gasteiger partial charge on any atom is -0.372 e. The number of nitrogens with zero attached hydrogens (tertiary/aromatic N) is 2. The van der Waals surface area contributed by atoms with Gasteiger partial charge in [0.1, 0.15) is 0 Å². The molecule has 1 aromatic carbocycles. The van der Waals surface area contributed by atoms with E-state index >= 15 is 0 Å². The van der Waals surface area contributed by atoms with Gasteiger partial charge >= 0.3 is 0 Å². The van der Waals surface area contributed by atoms with Gasteiger partial charge in [-0.25, -0.2) is 13.4 Å². The van der Waals surface area contributed by atoms with Crippen LogP contribution in [-0.2, 0) is 34.3 Å². The molecule has 0 unspecified atom stereocenters. The van der Waals surface area contributed by atoms with E-state index in [1.54, 1.807) is 13.8 Å². The maximum Gasteiger partial charge on any atom is 0.194 e. The highest BCUT2D eigenvalue weighted by atomic mass is 32.2. The number of guanidine groups is 1. The van der Waals surface area contributed by atoms with Crippen LogP contribution in [-0.4, -0.2) is 49.4 Å². The Morgan fingerprint density at radius 2 is 2.08 bits per heavy atom. The number of rotatable bonds is 3. The largest absolute Gasteiger partial charge is 0.372 e. The van der Waals surface area contributed by atoms with Gasteiger partial charge < -0.3 is 15.0 Å². The predicted octanol–water partition coefficient (Wildman–Crippen LogP) is 1.69. The van der Waals surface area contributed by atoms with E-state index in [2.05, 4.69) is 28.4 Å². The SMILES string of the molecule is CCNC(=NCc1ccc2c(c1)COC2)N1CCS(=O)(=O)C(C)(C)C1. The van der Waals surface area contributed by atoms with Crippen molar-refractivity contribution in [2.75, 3.05) is 25.4 Å². The monoisotopic (exact) mass is 365 g/mol. The molecule has 0 bridgehead atoms. The van der Waals surface area contributed by atoms with Crippen molar-refractivity contribution in [1.29, 1.82) is 0 Å². The first kappa shape index (κ1) is 18.2. The lowest BCUT2D eigenvalue weighted by Gasteiger charge is -2.39. The molecule has 6 nitrogen and oxygen atoms in total. The molecule has 7 heteroatoms. The molecule has 3 rings (SSSR count). The van der Waals surface area contributed by atoms with Crippen LogP contribution in [0.1, 0.15) is 37.5 Å². The van der Waals surface area contributed by atoms with Crippen LogP contribution in [0.4, 0.5) is 0 Å². The zero-order valence-electron chi connectivity index (χ0n) is 15.2. The molecule has 0 spiro atoms. The highest BCUT2D eigenvalue weighted by Crippen LogP contribution is 2.24. The molecule has 1 saturated heterocycles. The van der Waals surface area contributed by atoms with Crippen molar-refractivity contribution in [2.45, 2.75) is 45.3 Å². The number of aliphatic imine (C=N–C) groups is 1. The van der Waals surface area contributed by atoms with Crippen molar-refractivity contribution in [1.82, 2.24) is 10.2 Å². The standard InChI is InChI=1S/C18H27N3O3S/c1-4-19-17(21-7-8-25(22,23)18(2,3)13-21)20-10-14-5-6-15-11-24-12-16(15)9-14/h5-6,9H,4,7-8,10-13H2,1-3H3,(H,19,20). The Bertz CT molecular complexity index is 772. The van der Waals surface area contributed by atoms with Gasteiger partial charge in [0.2, 0.25) is 0 Å². The lowest BCUT2D eigenvalue weighted by atomic mass is 10.1. The Labute approximate surface area is 150 Å². The van der Waals surface area contributed by atoms with Gasteiger partial charge in [0, 0.05) is 19.6 Å². The minimum atomic E-state index is -3.05. The van der Waals surface area contributed by atoms with E-state index in [1.807, 2.05) is 6.92 Å². The molecular weight excluding hydrogens is 338 g/mol. The predicted molar refractivity (Wildman–Crippen MR) is 99.2 cm³/mol. The third-order valence-corrected chi connectivity index (χ3v) is 7.41. The van der Waals surface area contributed by atoms with Crippen LogP contribution in [0.2, 0.25) is 0 Å². The van der Waals surface area contributed by atoms with Gasteiger partial charge in [-0.3, -0.25) is 0 Å². The van der Waals surface area contributed by atoms with Gasteiger partial charge in [-0.1, -0.05) is 18.2 Å². The normalized spacial score (nSPS) is 21.9. The van der Waals surface area contributed by atoms with Crippen LogP contribution >= 0.6 is 0 Å². The van der Waals surface area contributed by atoms with E-state index in [0.717, 1.165) is 18.1 Å². The Morgan fingerprint density at radius 3 is 2.80 bits per heavy atom. The summed E-state index contributed by atoms with van der Waals surface area (Å²) in [7, 11) is -3.05. The van der Waals surface area contributed by atoms with Crippen molar-refractivity contribution in [2.24, 2.45) is 4.99 Å². The van der Waals surface area contributed by atoms with Gasteiger partial charge in [-0.2, -0.15) is 0 Å². The Morgan fingerprint density at radius 1 is 1.32 bits per heavy atom. The van der Waals surface area contributed by atoms with Gasteiger partial charge in [-0.05, 0) is 37.5 Å². The number of hydrogen-bond donors (Lipinski definition) is 1. The zero-order chi connectivity index (χ0) is 18.1. The molecule has 2 heterocycles. The average Bonchev–Trinajstić information content (AvgIpc) is 3.02. The molecule has 0 aliphatic carbocycles. The molecule has 0 atom stereocenters. The quantitative estimate of drug-likeness (QED) is 0.652. The molecule has 0 aromatic heterocycles. The number of nitrogens with one attached hydrogen (secondary N) is 1. The summed E-state index contributed by atoms with van der Waals surface area (Å²) in [4.78, 5) is 6.80. The second-order valence-corrected chi connectivity index (χ2v) is 10.0. The van der Waals surface area contributed by atoms with Gasteiger partial charge in [0.05, 0.1) is 30.3 Å². The fourth-order valence-corrected chi connectivity index (χ4v) is 4.61. The molecule has 0 amide bonds. The Hall–Kier alpha value is -1.60. The Balaban J connectivity index is 1.75. The van der Waals surface area contributed by atoms with Crippen molar-refractivity contribution < 1.29 is 13.2 Å². The van der Waals surface area contributed by atoms with Crippen LogP contribution in [0.25, 0.3) is 0 Å². The lowest BCUT2D eigenvalue weighted by Crippen LogP contribution is -2.57. The van der Waals surface area contributed by atoms with E-state index in [4.69, 9.17) is 9.73 Å². The molecule has 1 fully saturated rings. The summed E-state index contributed by atoms with van der Waals surface area (Å²) in [6.45, 7) is 9.23. The highest BCUT2D eigenvalue weighted by Gasteiger charge is 2.40. The second kappa shape index (κ2) is 6.96. The molecule has 25 heavy (non-hydrogen) atoms. The summed E-state index contributed by atoms with van der Waals surface area (Å²) >= 11 is 0. The zero-order valence-corrected chi connectivity index (χ0v) is 16.0. The average molecular weight is 365 g/mol. The third-order valence-electron chi connectivity index (χ3n) is 4.88. The second-order valence-electron chi connectivity index (χ2n) is 7.27. The summed E-state index contributed by atoms with van der Waals surface area (Å²) in [5.41, 5.74) is 3.63. The third kappa shape index (κ3) is 3.82. The van der Waals surface area contributed by atoms with Crippen LogP contribution in [0, 0.1) is 0 Å². The molecule has 138 valence electrons.